The lowest BCUT2D eigenvalue weighted by molar-refractivity contribution is -0.118. The van der Waals surface area contributed by atoms with Crippen LogP contribution in [-0.4, -0.2) is 11.7 Å². The van der Waals surface area contributed by atoms with Crippen molar-refractivity contribution < 1.29 is 9.59 Å². The van der Waals surface area contributed by atoms with Gasteiger partial charge in [-0.25, -0.2) is 0 Å². The number of carbonyl (C=O) groups is 2. The minimum absolute atomic E-state index is 0.343. The molecule has 0 fully saturated rings. The Morgan fingerprint density at radius 1 is 1.36 bits per heavy atom. The minimum Gasteiger partial charge on any atom is -0.366 e. The molecule has 0 aliphatic heterocycles. The van der Waals surface area contributed by atoms with E-state index in [1.165, 1.54) is 0 Å². The maximum Gasteiger partial charge on any atom is 0.240 e. The summed E-state index contributed by atoms with van der Waals surface area (Å²) in [7, 11) is 0. The van der Waals surface area contributed by atoms with Crippen molar-refractivity contribution in [3.63, 3.8) is 0 Å². The van der Waals surface area contributed by atoms with Gasteiger partial charge in [0.15, 0.2) is 0 Å². The maximum atomic E-state index is 10.2. The van der Waals surface area contributed by atoms with Gasteiger partial charge in [-0.1, -0.05) is 20.4 Å². The molecule has 0 unspecified atom stereocenters. The molecular weight excluding hydrogens is 142 g/mol. The highest BCUT2D eigenvalue weighted by molar-refractivity contribution is 5.84. The molecule has 2 N–H and O–H groups in total. The Labute approximate surface area is 67.3 Å². The molecule has 11 heavy (non-hydrogen) atoms. The molecule has 0 saturated heterocycles. The zero-order chi connectivity index (χ0) is 9.28. The van der Waals surface area contributed by atoms with Crippen LogP contribution >= 0.6 is 0 Å². The number of Topliss-reactive ketones (excluding diaryl/α,β-unsaturated/α-hetero) is 1. The normalized spacial score (nSPS) is 7.45. The van der Waals surface area contributed by atoms with Gasteiger partial charge in [-0.15, -0.1) is 0 Å². The Kier molecular flexibility index (Phi) is 10.1. The fourth-order valence-electron chi connectivity index (χ4n) is 0.250. The largest absolute Gasteiger partial charge is 0.366 e. The molecule has 0 aromatic rings. The molecule has 0 saturated carbocycles. The SMILES string of the molecule is C=CC(N)=O.CCC(=O)CC. The molecular formula is C8H15NO2. The predicted molar refractivity (Wildman–Crippen MR) is 45.0 cm³/mol. The molecule has 0 bridgehead atoms. The molecule has 0 aromatic carbocycles. The number of ketones is 1. The lowest BCUT2D eigenvalue weighted by Gasteiger charge is -1.81. The molecule has 0 rings (SSSR count). The Bertz CT molecular complexity index is 135. The fourth-order valence-corrected chi connectivity index (χ4v) is 0.250. The van der Waals surface area contributed by atoms with E-state index in [1.807, 2.05) is 13.8 Å². The van der Waals surface area contributed by atoms with Crippen molar-refractivity contribution in [3.8, 4) is 0 Å². The van der Waals surface area contributed by atoms with Gasteiger partial charge in [0.1, 0.15) is 5.78 Å². The van der Waals surface area contributed by atoms with E-state index in [1.54, 1.807) is 0 Å². The third-order valence-corrected chi connectivity index (χ3v) is 0.990. The first-order chi connectivity index (χ1) is 5.08. The summed E-state index contributed by atoms with van der Waals surface area (Å²) in [5.74, 6) is -0.139. The van der Waals surface area contributed by atoms with Crippen LogP contribution in [0.25, 0.3) is 0 Å². The smallest absolute Gasteiger partial charge is 0.240 e. The van der Waals surface area contributed by atoms with Crippen molar-refractivity contribution in [3.05, 3.63) is 12.7 Å². The number of hydrogen-bond acceptors (Lipinski definition) is 2. The Morgan fingerprint density at radius 2 is 1.64 bits per heavy atom. The van der Waals surface area contributed by atoms with E-state index in [-0.39, 0.29) is 0 Å². The van der Waals surface area contributed by atoms with Gasteiger partial charge < -0.3 is 5.73 Å². The van der Waals surface area contributed by atoms with Gasteiger partial charge in [-0.2, -0.15) is 0 Å². The van der Waals surface area contributed by atoms with Gasteiger partial charge in [0.2, 0.25) is 5.91 Å². The molecule has 0 aromatic heterocycles. The highest BCUT2D eigenvalue weighted by atomic mass is 16.1. The van der Waals surface area contributed by atoms with E-state index in [0.29, 0.717) is 18.6 Å². The zero-order valence-corrected chi connectivity index (χ0v) is 7.09. The van der Waals surface area contributed by atoms with Crippen LogP contribution in [0.5, 0.6) is 0 Å². The van der Waals surface area contributed by atoms with E-state index in [9.17, 15) is 9.59 Å². The average molecular weight is 157 g/mol. The second-order valence-corrected chi connectivity index (χ2v) is 1.85. The summed E-state index contributed by atoms with van der Waals surface area (Å²) in [6, 6.07) is 0. The lowest BCUT2D eigenvalue weighted by atomic mass is 10.3. The number of rotatable bonds is 3. The molecule has 64 valence electrons. The first-order valence-corrected chi connectivity index (χ1v) is 3.52. The molecule has 3 nitrogen and oxygen atoms in total. The van der Waals surface area contributed by atoms with E-state index in [4.69, 9.17) is 0 Å². The van der Waals surface area contributed by atoms with Crippen molar-refractivity contribution in [2.75, 3.05) is 0 Å². The molecule has 0 heterocycles. The van der Waals surface area contributed by atoms with Crippen molar-refractivity contribution in [2.45, 2.75) is 26.7 Å². The third kappa shape index (κ3) is 17.7. The summed E-state index contributed by atoms with van der Waals surface area (Å²) >= 11 is 0. The average Bonchev–Trinajstić information content (AvgIpc) is 2.04. The topological polar surface area (TPSA) is 60.2 Å². The Balaban J connectivity index is 0. The maximum absolute atomic E-state index is 10.2. The number of carbonyl (C=O) groups excluding carboxylic acids is 2. The highest BCUT2D eigenvalue weighted by Crippen LogP contribution is 1.83. The lowest BCUT2D eigenvalue weighted by Crippen LogP contribution is -2.04. The Morgan fingerprint density at radius 3 is 1.64 bits per heavy atom. The van der Waals surface area contributed by atoms with Gasteiger partial charge in [-0.05, 0) is 6.08 Å². The summed E-state index contributed by atoms with van der Waals surface area (Å²) < 4.78 is 0. The van der Waals surface area contributed by atoms with E-state index >= 15 is 0 Å². The summed E-state index contributed by atoms with van der Waals surface area (Å²) in [5.41, 5.74) is 4.53. The van der Waals surface area contributed by atoms with E-state index in [0.717, 1.165) is 6.08 Å². The standard InChI is InChI=1S/C5H10O.C3H5NO/c1-3-5(6)4-2;1-2-3(4)5/h3-4H2,1-2H3;2H,1H2,(H2,4,5). The monoisotopic (exact) mass is 157 g/mol. The highest BCUT2D eigenvalue weighted by Gasteiger charge is 1.86. The van der Waals surface area contributed by atoms with Crippen LogP contribution < -0.4 is 5.73 Å². The summed E-state index contributed by atoms with van der Waals surface area (Å²) in [6.07, 6.45) is 2.44. The molecule has 0 atom stereocenters. The van der Waals surface area contributed by atoms with Crippen LogP contribution in [0.3, 0.4) is 0 Å². The van der Waals surface area contributed by atoms with Crippen molar-refractivity contribution in [2.24, 2.45) is 5.73 Å². The summed E-state index contributed by atoms with van der Waals surface area (Å²) in [4.78, 5) is 19.7. The van der Waals surface area contributed by atoms with E-state index < -0.39 is 5.91 Å². The van der Waals surface area contributed by atoms with Crippen molar-refractivity contribution in [1.29, 1.82) is 0 Å². The van der Waals surface area contributed by atoms with Crippen LogP contribution in [0, 0.1) is 0 Å². The molecule has 0 aliphatic carbocycles. The second kappa shape index (κ2) is 8.88. The molecule has 0 radical (unpaired) electrons. The van der Waals surface area contributed by atoms with Gasteiger partial charge in [-0.3, -0.25) is 9.59 Å². The number of amides is 1. The first kappa shape index (κ1) is 12.5. The van der Waals surface area contributed by atoms with Gasteiger partial charge in [0.05, 0.1) is 0 Å². The minimum atomic E-state index is -0.481. The van der Waals surface area contributed by atoms with Crippen LogP contribution in [-0.2, 0) is 9.59 Å². The van der Waals surface area contributed by atoms with Crippen LogP contribution in [0.2, 0.25) is 0 Å². The first-order valence-electron chi connectivity index (χ1n) is 3.52. The number of hydrogen-bond donors (Lipinski definition) is 1. The fraction of sp³-hybridized carbons (Fsp3) is 0.500. The zero-order valence-electron chi connectivity index (χ0n) is 7.09. The predicted octanol–water partition coefficient (Wildman–Crippen LogP) is 1.03. The molecule has 3 heteroatoms. The quantitative estimate of drug-likeness (QED) is 0.622. The molecule has 0 aliphatic rings. The molecule has 1 amide bonds. The van der Waals surface area contributed by atoms with Gasteiger partial charge in [0, 0.05) is 12.8 Å². The third-order valence-electron chi connectivity index (χ3n) is 0.990. The van der Waals surface area contributed by atoms with Crippen molar-refractivity contribution >= 4 is 11.7 Å². The van der Waals surface area contributed by atoms with Crippen LogP contribution in [0.1, 0.15) is 26.7 Å². The van der Waals surface area contributed by atoms with Crippen molar-refractivity contribution in [1.82, 2.24) is 0 Å². The number of primary amides is 1. The van der Waals surface area contributed by atoms with Gasteiger partial charge >= 0.3 is 0 Å². The molecule has 0 spiro atoms. The number of nitrogens with two attached hydrogens (primary N) is 1. The van der Waals surface area contributed by atoms with E-state index in [2.05, 4.69) is 12.3 Å². The summed E-state index contributed by atoms with van der Waals surface area (Å²) in [6.45, 7) is 6.85. The van der Waals surface area contributed by atoms with Crippen LogP contribution in [0.15, 0.2) is 12.7 Å². The van der Waals surface area contributed by atoms with Crippen LogP contribution in [0.4, 0.5) is 0 Å². The second-order valence-electron chi connectivity index (χ2n) is 1.85. The Hall–Kier alpha value is -1.12. The van der Waals surface area contributed by atoms with Gasteiger partial charge in [0.25, 0.3) is 0 Å². The summed E-state index contributed by atoms with van der Waals surface area (Å²) in [5, 5.41) is 0.